The third-order valence-corrected chi connectivity index (χ3v) is 0.525. The zero-order valence-corrected chi connectivity index (χ0v) is 4.04. The highest BCUT2D eigenvalue weighted by molar-refractivity contribution is 7.57. The summed E-state index contributed by atoms with van der Waals surface area (Å²) in [6, 6.07) is 0. The summed E-state index contributed by atoms with van der Waals surface area (Å²) in [5, 5.41) is 0. The minimum absolute atomic E-state index is 0.782. The number of nitrogens with zero attached hydrogens (tertiary/aromatic N) is 1. The lowest BCUT2D eigenvalue weighted by atomic mass is 11.7. The van der Waals surface area contributed by atoms with E-state index in [1.54, 1.807) is 0 Å². The molecule has 0 aromatic carbocycles. The van der Waals surface area contributed by atoms with E-state index in [-0.39, 0.29) is 0 Å². The Kier molecular flexibility index (Phi) is 2.02. The minimum Gasteiger partial charge on any atom is -0.207 e. The van der Waals surface area contributed by atoms with E-state index in [2.05, 4.69) is 4.76 Å². The molecule has 5 nitrogen and oxygen atoms in total. The molecule has 0 saturated heterocycles. The van der Waals surface area contributed by atoms with Crippen molar-refractivity contribution in [2.75, 3.05) is 0 Å². The molecule has 0 heterocycles. The Labute approximate surface area is 39.6 Å². The van der Waals surface area contributed by atoms with Crippen LogP contribution in [0.2, 0.25) is 0 Å². The average Bonchev–Trinajstić information content (AvgIpc) is 1.30. The van der Waals surface area contributed by atoms with Crippen molar-refractivity contribution in [2.45, 2.75) is 0 Å². The Bertz CT molecular complexity index is 98.7. The number of hydrogen-bond acceptors (Lipinski definition) is 5. The van der Waals surface area contributed by atoms with E-state index in [0.29, 0.717) is 0 Å². The highest BCUT2D eigenvalue weighted by Gasteiger charge is 2.29. The molecule has 6 heteroatoms. The fraction of sp³-hybridized carbons (Fsp3) is 0. The minimum atomic E-state index is -4.21. The highest BCUT2D eigenvalue weighted by atomic mass is 31.2. The fourth-order valence-electron chi connectivity index (χ4n) is 0.0548. The van der Waals surface area contributed by atoms with Crippen molar-refractivity contribution < 1.29 is 19.5 Å². The van der Waals surface area contributed by atoms with Gasteiger partial charge in [-0.3, -0.25) is 0 Å². The van der Waals surface area contributed by atoms with Gasteiger partial charge in [-0.15, -0.1) is 0 Å². The van der Waals surface area contributed by atoms with Crippen LogP contribution in [0.4, 0.5) is 0 Å². The first-order valence-electron chi connectivity index (χ1n) is 1.23. The molecule has 0 radical (unpaired) electrons. The van der Waals surface area contributed by atoms with Gasteiger partial charge in [0.15, 0.2) is 0 Å². The predicted octanol–water partition coefficient (Wildman–Crippen LogP) is -1.02. The average molecular weight is 124 g/mol. The lowest BCUT2D eigenvalue weighted by molar-refractivity contribution is 0.332. The first-order valence-corrected chi connectivity index (χ1v) is 2.83. The largest absolute Gasteiger partial charge is 0.557 e. The summed E-state index contributed by atoms with van der Waals surface area (Å²) < 4.78 is 2.23. The van der Waals surface area contributed by atoms with Crippen LogP contribution in [0.1, 0.15) is 0 Å². The third kappa shape index (κ3) is 5.69. The molecule has 0 spiro atoms. The van der Waals surface area contributed by atoms with E-state index >= 15 is 0 Å². The van der Waals surface area contributed by atoms with E-state index in [0.717, 1.165) is 6.08 Å². The molecule has 0 unspecified atom stereocenters. The molecule has 0 aromatic heterocycles. The standard InChI is InChI=1S/CH3NO4P/c3-1-2-7(4,5)6/h4-6H/q+1. The summed E-state index contributed by atoms with van der Waals surface area (Å²) in [4.78, 5) is 32.5. The maximum Gasteiger partial charge on any atom is 0.557 e. The van der Waals surface area contributed by atoms with E-state index in [1.165, 1.54) is 0 Å². The lowest BCUT2D eigenvalue weighted by Gasteiger charge is -1.85. The van der Waals surface area contributed by atoms with Crippen molar-refractivity contribution in [1.29, 1.82) is 0 Å². The third-order valence-electron chi connectivity index (χ3n) is 0.175. The molecular weight excluding hydrogens is 121 g/mol. The van der Waals surface area contributed by atoms with Gasteiger partial charge < -0.3 is 0 Å². The molecule has 0 bridgehead atoms. The second kappa shape index (κ2) is 2.12. The second-order valence-electron chi connectivity index (χ2n) is 0.728. The molecule has 0 fully saturated rings. The van der Waals surface area contributed by atoms with Gasteiger partial charge in [0.25, 0.3) is 6.08 Å². The van der Waals surface area contributed by atoms with E-state index in [4.69, 9.17) is 19.5 Å². The zero-order valence-electron chi connectivity index (χ0n) is 3.14. The van der Waals surface area contributed by atoms with Crippen molar-refractivity contribution in [2.24, 2.45) is 4.76 Å². The second-order valence-corrected chi connectivity index (χ2v) is 2.00. The number of isocyanates is 1. The van der Waals surface area contributed by atoms with Crippen molar-refractivity contribution in [3.63, 3.8) is 0 Å². The van der Waals surface area contributed by atoms with Crippen LogP contribution in [0.25, 0.3) is 0 Å². The summed E-state index contributed by atoms with van der Waals surface area (Å²) in [6.07, 6.45) is 0.782. The summed E-state index contributed by atoms with van der Waals surface area (Å²) in [6.45, 7) is 0. The number of carbonyl (C=O) groups excluding carboxylic acids is 1. The lowest BCUT2D eigenvalue weighted by Crippen LogP contribution is -1.78. The number of rotatable bonds is 1. The van der Waals surface area contributed by atoms with Crippen molar-refractivity contribution in [1.82, 2.24) is 0 Å². The first kappa shape index (κ1) is 6.69. The van der Waals surface area contributed by atoms with Crippen LogP contribution >= 0.6 is 8.09 Å². The first-order chi connectivity index (χ1) is 3.06. The SMILES string of the molecule is O=C=N[P+](O)(O)O. The number of hydrogen-bond donors (Lipinski definition) is 3. The summed E-state index contributed by atoms with van der Waals surface area (Å²) in [7, 11) is -4.21. The molecule has 0 saturated carbocycles. The van der Waals surface area contributed by atoms with Gasteiger partial charge in [0.05, 0.1) is 4.76 Å². The zero-order chi connectivity index (χ0) is 5.91. The molecule has 40 valence electrons. The van der Waals surface area contributed by atoms with Gasteiger partial charge in [-0.05, 0) is 0 Å². The Morgan fingerprint density at radius 3 is 1.86 bits per heavy atom. The van der Waals surface area contributed by atoms with Crippen LogP contribution < -0.4 is 0 Å². The quantitative estimate of drug-likeness (QED) is 0.237. The Morgan fingerprint density at radius 1 is 1.43 bits per heavy atom. The van der Waals surface area contributed by atoms with Crippen LogP contribution in [-0.2, 0) is 4.79 Å². The maximum atomic E-state index is 9.08. The van der Waals surface area contributed by atoms with Gasteiger partial charge in [0.1, 0.15) is 0 Å². The van der Waals surface area contributed by atoms with Crippen LogP contribution in [0.5, 0.6) is 0 Å². The summed E-state index contributed by atoms with van der Waals surface area (Å²) in [5.74, 6) is 0. The molecule has 0 aliphatic carbocycles. The van der Waals surface area contributed by atoms with Crippen molar-refractivity contribution >= 4 is 14.2 Å². The molecule has 0 rings (SSSR count). The van der Waals surface area contributed by atoms with Gasteiger partial charge in [0.2, 0.25) is 0 Å². The molecule has 0 atom stereocenters. The van der Waals surface area contributed by atoms with Gasteiger partial charge in [-0.2, -0.15) is 14.7 Å². The molecule has 7 heavy (non-hydrogen) atoms. The van der Waals surface area contributed by atoms with Crippen LogP contribution in [0.3, 0.4) is 0 Å². The van der Waals surface area contributed by atoms with Crippen molar-refractivity contribution in [3.8, 4) is 0 Å². The van der Waals surface area contributed by atoms with E-state index in [9.17, 15) is 0 Å². The summed E-state index contributed by atoms with van der Waals surface area (Å²) in [5.41, 5.74) is 0. The van der Waals surface area contributed by atoms with Gasteiger partial charge in [0, 0.05) is 0 Å². The van der Waals surface area contributed by atoms with Gasteiger partial charge >= 0.3 is 8.09 Å². The molecular formula is CH3NO4P+. The predicted molar refractivity (Wildman–Crippen MR) is 21.7 cm³/mol. The van der Waals surface area contributed by atoms with Crippen LogP contribution in [-0.4, -0.2) is 20.8 Å². The maximum absolute atomic E-state index is 9.08. The Morgan fingerprint density at radius 2 is 1.86 bits per heavy atom. The molecule has 0 aliphatic rings. The van der Waals surface area contributed by atoms with Gasteiger partial charge in [-0.25, -0.2) is 4.79 Å². The monoisotopic (exact) mass is 124 g/mol. The molecule has 3 N–H and O–H groups in total. The van der Waals surface area contributed by atoms with E-state index < -0.39 is 8.09 Å². The highest BCUT2D eigenvalue weighted by Crippen LogP contribution is 2.45. The normalized spacial score (nSPS) is 10.1. The molecule has 0 aliphatic heterocycles. The summed E-state index contributed by atoms with van der Waals surface area (Å²) >= 11 is 0. The van der Waals surface area contributed by atoms with E-state index in [1.807, 2.05) is 0 Å². The molecule has 0 aromatic rings. The van der Waals surface area contributed by atoms with Crippen molar-refractivity contribution in [3.05, 3.63) is 0 Å². The fourth-order valence-corrected chi connectivity index (χ4v) is 0.164. The Hall–Kier alpha value is -0.310. The Balaban J connectivity index is 3.80. The van der Waals surface area contributed by atoms with Gasteiger partial charge in [-0.1, -0.05) is 0 Å². The molecule has 0 amide bonds. The smallest absolute Gasteiger partial charge is 0.207 e. The van der Waals surface area contributed by atoms with Crippen LogP contribution in [0, 0.1) is 0 Å². The van der Waals surface area contributed by atoms with Crippen LogP contribution in [0.15, 0.2) is 4.76 Å². The topological polar surface area (TPSA) is 90.1 Å².